The Labute approximate surface area is 194 Å². The van der Waals surface area contributed by atoms with Crippen molar-refractivity contribution >= 4 is 17.6 Å². The van der Waals surface area contributed by atoms with Crippen molar-refractivity contribution in [3.63, 3.8) is 0 Å². The molecule has 0 spiro atoms. The summed E-state index contributed by atoms with van der Waals surface area (Å²) in [4.78, 5) is 27.1. The van der Waals surface area contributed by atoms with Crippen molar-refractivity contribution in [2.45, 2.75) is 19.8 Å². The lowest BCUT2D eigenvalue weighted by molar-refractivity contribution is 0.0675. The summed E-state index contributed by atoms with van der Waals surface area (Å²) in [6.07, 6.45) is 1.91. The SMILES string of the molecule is Cc1ccc(NC(=O)NCC2CCCN(C(=O)c3ccc(Oc4ccccc4)cc3)C2)cc1. The van der Waals surface area contributed by atoms with Gasteiger partial charge in [-0.3, -0.25) is 4.79 Å². The lowest BCUT2D eigenvalue weighted by atomic mass is 9.97. The largest absolute Gasteiger partial charge is 0.457 e. The number of ether oxygens (including phenoxy) is 1. The van der Waals surface area contributed by atoms with Crippen molar-refractivity contribution in [1.29, 1.82) is 0 Å². The van der Waals surface area contributed by atoms with Gasteiger partial charge in [0.2, 0.25) is 0 Å². The van der Waals surface area contributed by atoms with Crippen LogP contribution in [0.5, 0.6) is 11.5 Å². The first-order valence-electron chi connectivity index (χ1n) is 11.3. The summed E-state index contributed by atoms with van der Waals surface area (Å²) < 4.78 is 5.81. The quantitative estimate of drug-likeness (QED) is 0.531. The van der Waals surface area contributed by atoms with E-state index in [1.807, 2.05) is 78.6 Å². The number of amides is 3. The number of para-hydroxylation sites is 1. The summed E-state index contributed by atoms with van der Waals surface area (Å²) in [6.45, 7) is 3.90. The Morgan fingerprint density at radius 2 is 1.64 bits per heavy atom. The molecule has 6 nitrogen and oxygen atoms in total. The van der Waals surface area contributed by atoms with Crippen molar-refractivity contribution in [1.82, 2.24) is 10.2 Å². The number of nitrogens with zero attached hydrogens (tertiary/aromatic N) is 1. The van der Waals surface area contributed by atoms with E-state index in [2.05, 4.69) is 10.6 Å². The molecule has 1 unspecified atom stereocenters. The fraction of sp³-hybridized carbons (Fsp3) is 0.259. The van der Waals surface area contributed by atoms with Crippen molar-refractivity contribution in [3.8, 4) is 11.5 Å². The molecule has 0 radical (unpaired) electrons. The van der Waals surface area contributed by atoms with E-state index in [-0.39, 0.29) is 17.9 Å². The van der Waals surface area contributed by atoms with Gasteiger partial charge in [0.15, 0.2) is 0 Å². The molecule has 1 aliphatic heterocycles. The van der Waals surface area contributed by atoms with Crippen LogP contribution in [-0.4, -0.2) is 36.5 Å². The minimum atomic E-state index is -0.226. The molecule has 3 aromatic carbocycles. The number of carbonyl (C=O) groups excluding carboxylic acids is 2. The molecular weight excluding hydrogens is 414 g/mol. The second kappa shape index (κ2) is 10.7. The van der Waals surface area contributed by atoms with Crippen molar-refractivity contribution in [2.75, 3.05) is 25.0 Å². The topological polar surface area (TPSA) is 70.7 Å². The Morgan fingerprint density at radius 3 is 2.36 bits per heavy atom. The predicted molar refractivity (Wildman–Crippen MR) is 130 cm³/mol. The lowest BCUT2D eigenvalue weighted by Gasteiger charge is -2.33. The summed E-state index contributed by atoms with van der Waals surface area (Å²) in [6, 6.07) is 24.3. The van der Waals surface area contributed by atoms with Gasteiger partial charge in [0.25, 0.3) is 5.91 Å². The first kappa shape index (κ1) is 22.4. The normalized spacial score (nSPS) is 15.5. The molecule has 0 saturated carbocycles. The van der Waals surface area contributed by atoms with Gasteiger partial charge in [-0.15, -0.1) is 0 Å². The van der Waals surface area contributed by atoms with Crippen LogP contribution in [0, 0.1) is 12.8 Å². The van der Waals surface area contributed by atoms with E-state index in [1.54, 1.807) is 12.1 Å². The molecule has 0 bridgehead atoms. The lowest BCUT2D eigenvalue weighted by Crippen LogP contribution is -2.44. The molecule has 1 saturated heterocycles. The number of piperidine rings is 1. The monoisotopic (exact) mass is 443 g/mol. The molecule has 2 N–H and O–H groups in total. The van der Waals surface area contributed by atoms with Gasteiger partial charge < -0.3 is 20.3 Å². The average Bonchev–Trinajstić information content (AvgIpc) is 2.85. The molecule has 0 aromatic heterocycles. The summed E-state index contributed by atoms with van der Waals surface area (Å²) in [5, 5.41) is 5.79. The van der Waals surface area contributed by atoms with Gasteiger partial charge in [-0.2, -0.15) is 0 Å². The second-order valence-corrected chi connectivity index (χ2v) is 8.40. The highest BCUT2D eigenvalue weighted by atomic mass is 16.5. The fourth-order valence-electron chi connectivity index (χ4n) is 3.94. The van der Waals surface area contributed by atoms with Crippen LogP contribution in [0.3, 0.4) is 0 Å². The number of hydrogen-bond acceptors (Lipinski definition) is 3. The van der Waals surface area contributed by atoms with Crippen LogP contribution < -0.4 is 15.4 Å². The molecule has 0 aliphatic carbocycles. The zero-order chi connectivity index (χ0) is 23.0. The second-order valence-electron chi connectivity index (χ2n) is 8.40. The van der Waals surface area contributed by atoms with Crippen LogP contribution in [0.1, 0.15) is 28.8 Å². The molecule has 1 aliphatic rings. The van der Waals surface area contributed by atoms with E-state index >= 15 is 0 Å². The van der Waals surface area contributed by atoms with Gasteiger partial charge >= 0.3 is 6.03 Å². The molecule has 1 heterocycles. The van der Waals surface area contributed by atoms with Crippen LogP contribution in [-0.2, 0) is 0 Å². The van der Waals surface area contributed by atoms with Gasteiger partial charge in [0.1, 0.15) is 11.5 Å². The Bertz CT molecular complexity index is 1070. The summed E-state index contributed by atoms with van der Waals surface area (Å²) in [5.74, 6) is 1.69. The molecule has 3 amide bonds. The zero-order valence-corrected chi connectivity index (χ0v) is 18.8. The summed E-state index contributed by atoms with van der Waals surface area (Å²) in [7, 11) is 0. The Morgan fingerprint density at radius 1 is 0.939 bits per heavy atom. The van der Waals surface area contributed by atoms with E-state index in [9.17, 15) is 9.59 Å². The molecular formula is C27H29N3O3. The Balaban J connectivity index is 1.27. The molecule has 33 heavy (non-hydrogen) atoms. The number of hydrogen-bond donors (Lipinski definition) is 2. The van der Waals surface area contributed by atoms with Crippen LogP contribution in [0.25, 0.3) is 0 Å². The maximum absolute atomic E-state index is 13.0. The number of benzene rings is 3. The standard InChI is InChI=1S/C27H29N3O3/c1-20-9-13-23(14-10-20)29-27(32)28-18-21-6-5-17-30(19-21)26(31)22-11-15-25(16-12-22)33-24-7-3-2-4-8-24/h2-4,7-16,21H,5-6,17-19H2,1H3,(H2,28,29,32). The maximum Gasteiger partial charge on any atom is 0.319 e. The van der Waals surface area contributed by atoms with Gasteiger partial charge in [-0.05, 0) is 74.2 Å². The van der Waals surface area contributed by atoms with E-state index in [4.69, 9.17) is 4.74 Å². The van der Waals surface area contributed by atoms with E-state index in [0.29, 0.717) is 24.4 Å². The molecule has 4 rings (SSSR count). The van der Waals surface area contributed by atoms with Crippen molar-refractivity contribution < 1.29 is 14.3 Å². The predicted octanol–water partition coefficient (Wildman–Crippen LogP) is 5.46. The molecule has 6 heteroatoms. The number of likely N-dealkylation sites (tertiary alicyclic amines) is 1. The molecule has 1 atom stereocenters. The third kappa shape index (κ3) is 6.35. The Hall–Kier alpha value is -3.80. The van der Waals surface area contributed by atoms with Gasteiger partial charge in [0, 0.05) is 30.9 Å². The fourth-order valence-corrected chi connectivity index (χ4v) is 3.94. The van der Waals surface area contributed by atoms with Crippen LogP contribution in [0.4, 0.5) is 10.5 Å². The number of nitrogens with one attached hydrogen (secondary N) is 2. The first-order chi connectivity index (χ1) is 16.1. The third-order valence-corrected chi connectivity index (χ3v) is 5.75. The van der Waals surface area contributed by atoms with Gasteiger partial charge in [-0.1, -0.05) is 35.9 Å². The van der Waals surface area contributed by atoms with Crippen LogP contribution in [0.2, 0.25) is 0 Å². The number of aryl methyl sites for hydroxylation is 1. The maximum atomic E-state index is 13.0. The molecule has 3 aromatic rings. The number of urea groups is 1. The number of anilines is 1. The minimum absolute atomic E-state index is 0.00932. The van der Waals surface area contributed by atoms with E-state index < -0.39 is 0 Å². The third-order valence-electron chi connectivity index (χ3n) is 5.75. The Kier molecular flexibility index (Phi) is 7.25. The van der Waals surface area contributed by atoms with E-state index in [0.717, 1.165) is 36.4 Å². The first-order valence-corrected chi connectivity index (χ1v) is 11.3. The smallest absolute Gasteiger partial charge is 0.319 e. The van der Waals surface area contributed by atoms with Gasteiger partial charge in [0.05, 0.1) is 0 Å². The highest BCUT2D eigenvalue weighted by molar-refractivity contribution is 5.94. The zero-order valence-electron chi connectivity index (χ0n) is 18.8. The highest BCUT2D eigenvalue weighted by Crippen LogP contribution is 2.23. The van der Waals surface area contributed by atoms with Crippen LogP contribution >= 0.6 is 0 Å². The number of carbonyl (C=O) groups is 2. The van der Waals surface area contributed by atoms with Gasteiger partial charge in [-0.25, -0.2) is 4.79 Å². The number of rotatable bonds is 6. The summed E-state index contributed by atoms with van der Waals surface area (Å²) in [5.41, 5.74) is 2.55. The molecule has 1 fully saturated rings. The van der Waals surface area contributed by atoms with Crippen molar-refractivity contribution in [2.24, 2.45) is 5.92 Å². The van der Waals surface area contributed by atoms with Crippen molar-refractivity contribution in [3.05, 3.63) is 90.0 Å². The van der Waals surface area contributed by atoms with E-state index in [1.165, 1.54) is 0 Å². The minimum Gasteiger partial charge on any atom is -0.457 e. The van der Waals surface area contributed by atoms with Crippen LogP contribution in [0.15, 0.2) is 78.9 Å². The highest BCUT2D eigenvalue weighted by Gasteiger charge is 2.25. The molecule has 170 valence electrons. The average molecular weight is 444 g/mol. The summed E-state index contributed by atoms with van der Waals surface area (Å²) >= 11 is 0.